The van der Waals surface area contributed by atoms with Gasteiger partial charge in [0.25, 0.3) is 0 Å². The van der Waals surface area contributed by atoms with Gasteiger partial charge in [-0.15, -0.1) is 0 Å². The molecule has 0 atom stereocenters. The van der Waals surface area contributed by atoms with Crippen LogP contribution >= 0.6 is 0 Å². The van der Waals surface area contributed by atoms with Gasteiger partial charge in [-0.1, -0.05) is 102 Å². The van der Waals surface area contributed by atoms with Crippen LogP contribution in [-0.2, 0) is 21.7 Å². The quantitative estimate of drug-likeness (QED) is 0.385. The summed E-state index contributed by atoms with van der Waals surface area (Å²) in [5.74, 6) is 0. The number of allylic oxidation sites excluding steroid dienone is 8. The van der Waals surface area contributed by atoms with Crippen molar-refractivity contribution >= 4 is 16.1 Å². The zero-order valence-corrected chi connectivity index (χ0v) is 24.0. The molecule has 4 rings (SSSR count). The van der Waals surface area contributed by atoms with Crippen LogP contribution in [0.4, 0.5) is 0 Å². The summed E-state index contributed by atoms with van der Waals surface area (Å²) in [6.45, 7) is 9.27. The summed E-state index contributed by atoms with van der Waals surface area (Å²) in [6.07, 6.45) is 20.1. The van der Waals surface area contributed by atoms with Gasteiger partial charge in [-0.05, 0) is 0 Å². The molecule has 0 saturated carbocycles. The Morgan fingerprint density at radius 2 is 1.03 bits per heavy atom. The van der Waals surface area contributed by atoms with Gasteiger partial charge in [0.2, 0.25) is 0 Å². The number of hydrogen-bond donors (Lipinski definition) is 0. The predicted octanol–water partition coefficient (Wildman–Crippen LogP) is 1.74. The molecule has 2 heterocycles. The molecule has 4 aliphatic rings. The number of hydrogen-bond acceptors (Lipinski definition) is 0. The Labute approximate surface area is 209 Å². The Morgan fingerprint density at radius 1 is 0.690 bits per heavy atom. The van der Waals surface area contributed by atoms with Crippen molar-refractivity contribution in [2.75, 3.05) is 0 Å². The summed E-state index contributed by atoms with van der Waals surface area (Å²) < 4.78 is 0. The Bertz CT molecular complexity index is 574. The van der Waals surface area contributed by atoms with Gasteiger partial charge in [-0.3, -0.25) is 12.2 Å². The summed E-state index contributed by atoms with van der Waals surface area (Å²) in [6, 6.07) is 9.06. The Kier molecular flexibility index (Phi) is 13.6. The minimum Gasteiger partial charge on any atom is -1.00 e. The molecule has 0 spiro atoms. The van der Waals surface area contributed by atoms with Crippen LogP contribution in [0, 0.1) is 12.2 Å². The van der Waals surface area contributed by atoms with Gasteiger partial charge in [0, 0.05) is 16.1 Å². The molecule has 0 nitrogen and oxygen atoms in total. The molecular formula is C24H38Cl2Si2Ti. The molecule has 2 fully saturated rings. The third-order valence-corrected chi connectivity index (χ3v) is 18.6. The van der Waals surface area contributed by atoms with E-state index in [9.17, 15) is 0 Å². The summed E-state index contributed by atoms with van der Waals surface area (Å²) >= 11 is 0. The van der Waals surface area contributed by atoms with Crippen LogP contribution in [0.15, 0.2) is 33.7 Å². The fourth-order valence-corrected chi connectivity index (χ4v) is 12.7. The molecule has 0 N–H and O–H groups in total. The summed E-state index contributed by atoms with van der Waals surface area (Å²) in [7, 11) is -1.83. The molecule has 29 heavy (non-hydrogen) atoms. The van der Waals surface area contributed by atoms with Crippen molar-refractivity contribution in [3.63, 3.8) is 0 Å². The van der Waals surface area contributed by atoms with E-state index in [2.05, 4.69) is 52.0 Å². The molecule has 0 amide bonds. The van der Waals surface area contributed by atoms with Gasteiger partial charge in [0.1, 0.15) is 0 Å². The predicted molar refractivity (Wildman–Crippen MR) is 120 cm³/mol. The van der Waals surface area contributed by atoms with Crippen molar-refractivity contribution in [1.29, 1.82) is 0 Å². The van der Waals surface area contributed by atoms with Crippen LogP contribution in [0.2, 0.25) is 36.3 Å². The monoisotopic (exact) mass is 500 g/mol. The zero-order valence-electron chi connectivity index (χ0n) is 18.9. The normalized spacial score (nSPS) is 22.5. The second-order valence-electron chi connectivity index (χ2n) is 8.78. The molecule has 160 valence electrons. The van der Waals surface area contributed by atoms with Crippen molar-refractivity contribution in [1.82, 2.24) is 0 Å². The molecule has 5 heteroatoms. The van der Waals surface area contributed by atoms with Gasteiger partial charge in [-0.2, -0.15) is 11.1 Å². The largest absolute Gasteiger partial charge is 4.00 e. The minimum absolute atomic E-state index is 0. The average molecular weight is 502 g/mol. The van der Waals surface area contributed by atoms with Crippen LogP contribution in [0.3, 0.4) is 0 Å². The zero-order chi connectivity index (χ0) is 18.6. The Hall–Kier alpha value is 0.688. The van der Waals surface area contributed by atoms with Crippen molar-refractivity contribution in [2.24, 2.45) is 0 Å². The standard InChI is InChI=1S/2C12H19Si.2ClH.Ti/c2*1-3-11-6-7-12(10-11)13(4-2)8-5-9-13;;;/h2*7H,3-6,8-9H2,1-2H3;2*1H;/q2*-1;;;+4/p-2. The second kappa shape index (κ2) is 13.3. The molecule has 2 saturated heterocycles. The van der Waals surface area contributed by atoms with Crippen LogP contribution in [0.25, 0.3) is 0 Å². The van der Waals surface area contributed by atoms with E-state index in [0.29, 0.717) is 0 Å². The third kappa shape index (κ3) is 6.36. The summed E-state index contributed by atoms with van der Waals surface area (Å²) in [4.78, 5) is 0. The van der Waals surface area contributed by atoms with E-state index in [0.717, 1.165) is 0 Å². The fourth-order valence-electron chi connectivity index (χ4n) is 5.03. The maximum Gasteiger partial charge on any atom is 4.00 e. The number of rotatable bonds is 6. The molecule has 0 aromatic rings. The van der Waals surface area contributed by atoms with E-state index in [-0.39, 0.29) is 46.5 Å². The smallest absolute Gasteiger partial charge is 1.00 e. The SMILES string of the molecule is CCC1=[C-]C([Si]2(CC)CCC2)=CC1.CCC1=[C-]C([Si]2(CC)CCC2)=CC1.[Cl-].[Cl-].[Ti+4]. The summed E-state index contributed by atoms with van der Waals surface area (Å²) in [5, 5.41) is 3.36. The minimum atomic E-state index is -0.913. The first-order valence-corrected chi connectivity index (χ1v) is 16.5. The van der Waals surface area contributed by atoms with E-state index >= 15 is 0 Å². The fraction of sp³-hybridized carbons (Fsp3) is 0.667. The topological polar surface area (TPSA) is 0 Å². The van der Waals surface area contributed by atoms with Crippen LogP contribution in [-0.4, -0.2) is 16.1 Å². The number of halogens is 2. The summed E-state index contributed by atoms with van der Waals surface area (Å²) in [5.41, 5.74) is 3.09. The molecule has 0 unspecified atom stereocenters. The molecule has 0 aromatic heterocycles. The van der Waals surface area contributed by atoms with Gasteiger partial charge in [-0.25, -0.2) is 22.5 Å². The van der Waals surface area contributed by atoms with Crippen molar-refractivity contribution < 1.29 is 46.5 Å². The van der Waals surface area contributed by atoms with Gasteiger partial charge in [0.05, 0.1) is 0 Å². The first-order chi connectivity index (χ1) is 12.6. The van der Waals surface area contributed by atoms with E-state index in [1.54, 1.807) is 45.7 Å². The van der Waals surface area contributed by atoms with E-state index < -0.39 is 16.1 Å². The molecule has 0 radical (unpaired) electrons. The van der Waals surface area contributed by atoms with E-state index in [4.69, 9.17) is 0 Å². The van der Waals surface area contributed by atoms with Crippen molar-refractivity contribution in [3.05, 3.63) is 45.8 Å². The molecule has 0 aromatic carbocycles. The maximum absolute atomic E-state index is 3.67. The average Bonchev–Trinajstić information content (AvgIpc) is 3.24. The maximum atomic E-state index is 3.67. The van der Waals surface area contributed by atoms with E-state index in [1.807, 2.05) is 0 Å². The molecule has 2 aliphatic heterocycles. The van der Waals surface area contributed by atoms with Crippen LogP contribution in [0.1, 0.15) is 66.2 Å². The van der Waals surface area contributed by atoms with Gasteiger partial charge < -0.3 is 24.8 Å². The first kappa shape index (κ1) is 29.7. The Morgan fingerprint density at radius 3 is 1.21 bits per heavy atom. The second-order valence-corrected chi connectivity index (χ2v) is 18.4. The van der Waals surface area contributed by atoms with Crippen molar-refractivity contribution in [3.8, 4) is 0 Å². The first-order valence-electron chi connectivity index (χ1n) is 11.3. The van der Waals surface area contributed by atoms with Crippen molar-refractivity contribution in [2.45, 2.75) is 102 Å². The Balaban J connectivity index is 0.000000490. The third-order valence-electron chi connectivity index (χ3n) is 7.70. The molecule has 0 bridgehead atoms. The van der Waals surface area contributed by atoms with Gasteiger partial charge in [0.15, 0.2) is 0 Å². The van der Waals surface area contributed by atoms with Crippen LogP contribution in [0.5, 0.6) is 0 Å². The van der Waals surface area contributed by atoms with Crippen LogP contribution < -0.4 is 24.8 Å². The molecular weight excluding hydrogens is 463 g/mol. The van der Waals surface area contributed by atoms with E-state index in [1.165, 1.54) is 50.6 Å². The van der Waals surface area contributed by atoms with Gasteiger partial charge >= 0.3 is 21.7 Å². The molecule has 2 aliphatic carbocycles.